The molecule has 5 unspecified atom stereocenters. The van der Waals surface area contributed by atoms with Crippen molar-refractivity contribution in [3.05, 3.63) is 65.5 Å². The molecule has 2 aromatic carbocycles. The van der Waals surface area contributed by atoms with Gasteiger partial charge in [0.15, 0.2) is 0 Å². The highest BCUT2D eigenvalue weighted by Gasteiger charge is 2.44. The van der Waals surface area contributed by atoms with Crippen LogP contribution in [0.3, 0.4) is 0 Å². The van der Waals surface area contributed by atoms with Gasteiger partial charge in [-0.05, 0) is 104 Å². The molecule has 1 aliphatic carbocycles. The maximum absolute atomic E-state index is 14.3. The van der Waals surface area contributed by atoms with Crippen molar-refractivity contribution in [2.45, 2.75) is 85.5 Å². The maximum Gasteiger partial charge on any atom is 0.293 e. The normalized spacial score (nSPS) is 19.1. The van der Waals surface area contributed by atoms with Crippen LogP contribution < -0.4 is 15.6 Å². The van der Waals surface area contributed by atoms with Gasteiger partial charge in [0.2, 0.25) is 12.3 Å². The molecule has 0 radical (unpaired) electrons. The van der Waals surface area contributed by atoms with Gasteiger partial charge in [-0.3, -0.25) is 29.2 Å². The second-order valence-corrected chi connectivity index (χ2v) is 19.5. The second kappa shape index (κ2) is 19.9. The van der Waals surface area contributed by atoms with Crippen molar-refractivity contribution in [3.8, 4) is 28.1 Å². The zero-order valence-corrected chi connectivity index (χ0v) is 39.6. The molecule has 7 rings (SSSR count). The van der Waals surface area contributed by atoms with E-state index < -0.39 is 23.4 Å². The van der Waals surface area contributed by atoms with E-state index in [9.17, 15) is 24.3 Å². The zero-order valence-electron chi connectivity index (χ0n) is 39.6. The van der Waals surface area contributed by atoms with Crippen molar-refractivity contribution in [1.29, 1.82) is 0 Å². The van der Waals surface area contributed by atoms with Gasteiger partial charge in [0.25, 0.3) is 12.4 Å². The topological polar surface area (TPSA) is 162 Å². The number of hydrazine groups is 1. The molecule has 2 saturated heterocycles. The average molecular weight is 893 g/mol. The van der Waals surface area contributed by atoms with Crippen molar-refractivity contribution in [2.24, 2.45) is 23.2 Å². The number of nitrogens with one attached hydrogen (secondary N) is 2. The monoisotopic (exact) mass is 893 g/mol. The number of nitrogens with zero attached hydrogens (tertiary/aromatic N) is 6. The van der Waals surface area contributed by atoms with Gasteiger partial charge in [0.05, 0.1) is 36.0 Å². The van der Waals surface area contributed by atoms with Gasteiger partial charge >= 0.3 is 0 Å². The summed E-state index contributed by atoms with van der Waals surface area (Å²) in [4.78, 5) is 62.6. The molecule has 1 saturated carbocycles. The summed E-state index contributed by atoms with van der Waals surface area (Å²) in [6.45, 7) is 18.4. The molecular formula is C50H68N8O7. The molecule has 5 atom stereocenters. The van der Waals surface area contributed by atoms with Crippen LogP contribution >= 0.6 is 0 Å². The molecular weight excluding hydrogens is 825 g/mol. The van der Waals surface area contributed by atoms with Crippen LogP contribution in [-0.4, -0.2) is 133 Å². The van der Waals surface area contributed by atoms with Gasteiger partial charge in [-0.1, -0.05) is 39.8 Å². The van der Waals surface area contributed by atoms with E-state index in [-0.39, 0.29) is 36.7 Å². The highest BCUT2D eigenvalue weighted by Crippen LogP contribution is 2.44. The van der Waals surface area contributed by atoms with Gasteiger partial charge in [0, 0.05) is 88.3 Å². The van der Waals surface area contributed by atoms with Crippen LogP contribution in [0.1, 0.15) is 70.9 Å². The molecule has 15 heteroatoms. The minimum atomic E-state index is -0.966. The van der Waals surface area contributed by atoms with E-state index in [4.69, 9.17) is 14.5 Å². The molecule has 4 aromatic rings. The number of carbonyl (C=O) groups is 4. The Bertz CT molecular complexity index is 2370. The van der Waals surface area contributed by atoms with Crippen molar-refractivity contribution in [2.75, 3.05) is 72.0 Å². The number of piperazine rings is 1. The summed E-state index contributed by atoms with van der Waals surface area (Å²) in [7, 11) is 5.41. The van der Waals surface area contributed by atoms with Gasteiger partial charge in [0.1, 0.15) is 17.8 Å². The quantitative estimate of drug-likeness (QED) is 0.103. The number of ether oxygens (including phenoxy) is 2. The number of phenols is 1. The number of rotatable bonds is 19. The van der Waals surface area contributed by atoms with E-state index >= 15 is 0 Å². The van der Waals surface area contributed by atoms with Crippen LogP contribution in [0.15, 0.2) is 48.7 Å². The standard InChI is InChI=1S/C50H68N8O7/c1-10-57-44-12-11-34(35-17-33(18-39(61)21-35)19-43(49(63)58-27-37-20-36(37)25-52-58)53-48(62)46(31(2)3)55(8)29-59)22-40(44)42(24-50(5,6)28-65-30-60)47(57)41-23-38(26-51-45(41)32(4)64-9)56-15-13-54(7)14-16-56/h11-12,17-18,21-23,26,29-32,36-37,43,46,52,61H,10,13-16,19-20,24-25,27-28H2,1-9H3,(H,53,62). The summed E-state index contributed by atoms with van der Waals surface area (Å²) in [5, 5.41) is 17.0. The smallest absolute Gasteiger partial charge is 0.293 e. The van der Waals surface area contributed by atoms with Crippen LogP contribution in [0.5, 0.6) is 5.75 Å². The third-order valence-corrected chi connectivity index (χ3v) is 13.6. The molecule has 350 valence electrons. The molecule has 2 aromatic heterocycles. The minimum absolute atomic E-state index is 0.0250. The predicted octanol–water partition coefficient (Wildman–Crippen LogP) is 5.42. The van der Waals surface area contributed by atoms with Crippen LogP contribution in [0.4, 0.5) is 5.69 Å². The summed E-state index contributed by atoms with van der Waals surface area (Å²) in [6.07, 6.45) is 4.03. The number of hydrogen-bond acceptors (Lipinski definition) is 11. The van der Waals surface area contributed by atoms with E-state index in [1.165, 1.54) is 4.90 Å². The number of phenolic OH excluding ortho intramolecular Hbond substituents is 1. The number of methoxy groups -OCH3 is 1. The number of pyridine rings is 1. The molecule has 65 heavy (non-hydrogen) atoms. The van der Waals surface area contributed by atoms with E-state index in [1.807, 2.05) is 33.0 Å². The number of carbonyl (C=O) groups excluding carboxylic acids is 4. The van der Waals surface area contributed by atoms with Crippen molar-refractivity contribution < 1.29 is 33.8 Å². The lowest BCUT2D eigenvalue weighted by Crippen LogP contribution is -2.59. The number of aryl methyl sites for hydroxylation is 1. The van der Waals surface area contributed by atoms with E-state index in [0.717, 1.165) is 82.8 Å². The molecule has 0 spiro atoms. The van der Waals surface area contributed by atoms with E-state index in [1.54, 1.807) is 31.3 Å². The van der Waals surface area contributed by atoms with Crippen LogP contribution in [0, 0.1) is 23.2 Å². The number of amides is 3. The predicted molar refractivity (Wildman–Crippen MR) is 252 cm³/mol. The molecule has 3 amide bonds. The Morgan fingerprint density at radius 2 is 1.80 bits per heavy atom. The fraction of sp³-hybridized carbons (Fsp3) is 0.540. The summed E-state index contributed by atoms with van der Waals surface area (Å²) in [5.41, 5.74) is 11.1. The SMILES string of the molecule is CCn1c(-c2cc(N3CCN(C)CC3)cnc2C(C)OC)c(CC(C)(C)COC=O)c2cc(-c3cc(O)cc(CC(NC(=O)C(C(C)C)N(C)C=O)C(=O)N4CC5CC5CN4)c3)ccc21. The Kier molecular flexibility index (Phi) is 14.5. The lowest BCUT2D eigenvalue weighted by atomic mass is 9.84. The number of fused-ring (bicyclic) bond motifs is 2. The van der Waals surface area contributed by atoms with Crippen molar-refractivity contribution in [3.63, 3.8) is 0 Å². The first-order chi connectivity index (χ1) is 31.1. The second-order valence-electron chi connectivity index (χ2n) is 19.5. The Morgan fingerprint density at radius 3 is 2.46 bits per heavy atom. The number of likely N-dealkylation sites (N-methyl/N-ethyl adjacent to an activating group) is 2. The number of hydrogen-bond donors (Lipinski definition) is 3. The lowest BCUT2D eigenvalue weighted by Gasteiger charge is -2.34. The number of benzene rings is 2. The van der Waals surface area contributed by atoms with Gasteiger partial charge in [-0.15, -0.1) is 0 Å². The molecule has 4 heterocycles. The zero-order chi connectivity index (χ0) is 46.7. The molecule has 0 bridgehead atoms. The molecule has 2 aliphatic heterocycles. The Morgan fingerprint density at radius 1 is 1.05 bits per heavy atom. The van der Waals surface area contributed by atoms with Gasteiger partial charge in [-0.2, -0.15) is 0 Å². The molecule has 3 aliphatic rings. The van der Waals surface area contributed by atoms with Gasteiger partial charge < -0.3 is 39.2 Å². The first kappa shape index (κ1) is 47.5. The third-order valence-electron chi connectivity index (χ3n) is 13.6. The number of aromatic hydroxyl groups is 1. The number of aromatic nitrogens is 2. The maximum atomic E-state index is 14.3. The highest BCUT2D eigenvalue weighted by atomic mass is 16.5. The van der Waals surface area contributed by atoms with Crippen molar-refractivity contribution in [1.82, 2.24) is 35.1 Å². The van der Waals surface area contributed by atoms with E-state index in [2.05, 4.69) is 77.2 Å². The first-order valence-corrected chi connectivity index (χ1v) is 23.1. The highest BCUT2D eigenvalue weighted by molar-refractivity contribution is 5.96. The fourth-order valence-electron chi connectivity index (χ4n) is 9.88. The summed E-state index contributed by atoms with van der Waals surface area (Å²) >= 11 is 0. The minimum Gasteiger partial charge on any atom is -0.508 e. The third kappa shape index (κ3) is 10.5. The Labute approximate surface area is 383 Å². The lowest BCUT2D eigenvalue weighted by molar-refractivity contribution is -0.142. The first-order valence-electron chi connectivity index (χ1n) is 23.1. The van der Waals surface area contributed by atoms with E-state index in [0.29, 0.717) is 56.3 Å². The van der Waals surface area contributed by atoms with Crippen LogP contribution in [-0.2, 0) is 48.0 Å². The molecule has 3 fully saturated rings. The van der Waals surface area contributed by atoms with Crippen LogP contribution in [0.25, 0.3) is 33.3 Å². The number of anilines is 1. The summed E-state index contributed by atoms with van der Waals surface area (Å²) in [6, 6.07) is 12.2. The van der Waals surface area contributed by atoms with Crippen LogP contribution in [0.2, 0.25) is 0 Å². The van der Waals surface area contributed by atoms with Crippen molar-refractivity contribution >= 4 is 41.3 Å². The molecule has 15 nitrogen and oxygen atoms in total. The Hall–Kier alpha value is -5.51. The Balaban J connectivity index is 1.33. The average Bonchev–Trinajstić information content (AvgIpc) is 4.01. The summed E-state index contributed by atoms with van der Waals surface area (Å²) < 4.78 is 13.7. The fourth-order valence-corrected chi connectivity index (χ4v) is 9.88. The summed E-state index contributed by atoms with van der Waals surface area (Å²) in [5.74, 6) is 0.137. The van der Waals surface area contributed by atoms with Gasteiger partial charge in [-0.25, -0.2) is 5.43 Å². The largest absolute Gasteiger partial charge is 0.508 e. The molecule has 3 N–H and O–H groups in total.